The Kier molecular flexibility index (Phi) is 7.05. The number of pyridine rings is 1. The smallest absolute Gasteiger partial charge is 0.234 e. The molecule has 1 aromatic heterocycles. The number of primary amides is 1. The lowest BCUT2D eigenvalue weighted by atomic mass is 9.89. The number of ketones is 1. The van der Waals surface area contributed by atoms with E-state index >= 15 is 0 Å². The summed E-state index contributed by atoms with van der Waals surface area (Å²) in [6, 6.07) is 8.56. The SMILES string of the molecule is CC(=O)c1cnc2ccc(-c3cc(F)c(O)c(Cl)c3)cc2c1NC1CCC(N2CCCC2C(N)=O)CC1. The Morgan fingerprint density at radius 3 is 2.57 bits per heavy atom. The highest BCUT2D eigenvalue weighted by molar-refractivity contribution is 6.32. The first kappa shape index (κ1) is 25.4. The summed E-state index contributed by atoms with van der Waals surface area (Å²) in [7, 11) is 0. The van der Waals surface area contributed by atoms with Crippen molar-refractivity contribution < 1.29 is 19.1 Å². The van der Waals surface area contributed by atoms with Gasteiger partial charge in [-0.1, -0.05) is 17.7 Å². The van der Waals surface area contributed by atoms with Crippen LogP contribution in [0.25, 0.3) is 22.0 Å². The van der Waals surface area contributed by atoms with Crippen molar-refractivity contribution in [3.8, 4) is 16.9 Å². The standard InChI is InChI=1S/C28H30ClFN4O3/c1-15(35)21-14-32-24-9-4-16(17-12-22(29)27(36)23(30)13-17)11-20(24)26(21)33-18-5-7-19(8-6-18)34-10-2-3-25(34)28(31)37/h4,9,11-14,18-19,25,36H,2-3,5-8,10H2,1H3,(H2,31,37)(H,32,33). The van der Waals surface area contributed by atoms with E-state index in [9.17, 15) is 19.1 Å². The predicted octanol–water partition coefficient (Wildman–Crippen LogP) is 5.28. The van der Waals surface area contributed by atoms with Crippen molar-refractivity contribution in [2.45, 2.75) is 63.6 Å². The monoisotopic (exact) mass is 524 g/mol. The van der Waals surface area contributed by atoms with Gasteiger partial charge in [0, 0.05) is 23.7 Å². The predicted molar refractivity (Wildman–Crippen MR) is 142 cm³/mol. The van der Waals surface area contributed by atoms with Crippen LogP contribution in [0.1, 0.15) is 55.8 Å². The fourth-order valence-corrected chi connectivity index (χ4v) is 6.02. The van der Waals surface area contributed by atoms with E-state index in [2.05, 4.69) is 15.2 Å². The third-order valence-corrected chi connectivity index (χ3v) is 8.02. The Morgan fingerprint density at radius 2 is 1.89 bits per heavy atom. The highest BCUT2D eigenvalue weighted by Crippen LogP contribution is 2.37. The Balaban J connectivity index is 1.43. The van der Waals surface area contributed by atoms with Crippen molar-refractivity contribution in [2.75, 3.05) is 11.9 Å². The zero-order valence-electron chi connectivity index (χ0n) is 20.6. The summed E-state index contributed by atoms with van der Waals surface area (Å²) in [6.07, 6.45) is 7.09. The molecule has 1 aliphatic heterocycles. The molecule has 4 N–H and O–H groups in total. The van der Waals surface area contributed by atoms with Crippen LogP contribution in [0.4, 0.5) is 10.1 Å². The maximum absolute atomic E-state index is 14.2. The molecule has 2 aliphatic rings. The molecule has 9 heteroatoms. The highest BCUT2D eigenvalue weighted by Gasteiger charge is 2.36. The molecule has 7 nitrogen and oxygen atoms in total. The lowest BCUT2D eigenvalue weighted by molar-refractivity contribution is -0.123. The van der Waals surface area contributed by atoms with E-state index in [0.717, 1.165) is 50.5 Å². The number of carbonyl (C=O) groups is 2. The van der Waals surface area contributed by atoms with Crippen LogP contribution in [-0.2, 0) is 4.79 Å². The van der Waals surface area contributed by atoms with Crippen molar-refractivity contribution in [1.29, 1.82) is 0 Å². The number of Topliss-reactive ketones (excluding diaryl/α,β-unsaturated/α-hetero) is 1. The molecular weight excluding hydrogens is 495 g/mol. The maximum Gasteiger partial charge on any atom is 0.234 e. The number of aromatic hydroxyl groups is 1. The van der Waals surface area contributed by atoms with Gasteiger partial charge in [-0.3, -0.25) is 19.5 Å². The van der Waals surface area contributed by atoms with Gasteiger partial charge in [0.05, 0.1) is 27.8 Å². The molecule has 37 heavy (non-hydrogen) atoms. The van der Waals surface area contributed by atoms with Crippen LogP contribution in [0.15, 0.2) is 36.5 Å². The van der Waals surface area contributed by atoms with Crippen molar-refractivity contribution in [2.24, 2.45) is 5.73 Å². The number of phenols is 1. The summed E-state index contributed by atoms with van der Waals surface area (Å²) >= 11 is 6.01. The molecule has 0 spiro atoms. The van der Waals surface area contributed by atoms with Crippen LogP contribution in [0.3, 0.4) is 0 Å². The molecule has 0 radical (unpaired) electrons. The topological polar surface area (TPSA) is 109 Å². The fourth-order valence-electron chi connectivity index (χ4n) is 5.81. The molecule has 2 aromatic carbocycles. The number of hydrogen-bond donors (Lipinski definition) is 3. The van der Waals surface area contributed by atoms with Crippen LogP contribution < -0.4 is 11.1 Å². The Morgan fingerprint density at radius 1 is 1.14 bits per heavy atom. The molecular formula is C28H30ClFN4O3. The first-order chi connectivity index (χ1) is 17.7. The zero-order valence-corrected chi connectivity index (χ0v) is 21.4. The number of nitrogens with one attached hydrogen (secondary N) is 1. The second-order valence-corrected chi connectivity index (χ2v) is 10.5. The van der Waals surface area contributed by atoms with Gasteiger partial charge >= 0.3 is 0 Å². The Hall–Kier alpha value is -3.23. The minimum atomic E-state index is -0.801. The largest absolute Gasteiger partial charge is 0.504 e. The van der Waals surface area contributed by atoms with Crippen LogP contribution in [-0.4, -0.2) is 51.4 Å². The van der Waals surface area contributed by atoms with E-state index < -0.39 is 11.6 Å². The molecule has 1 saturated carbocycles. The average molecular weight is 525 g/mol. The van der Waals surface area contributed by atoms with Crippen molar-refractivity contribution >= 4 is 39.9 Å². The molecule has 1 saturated heterocycles. The van der Waals surface area contributed by atoms with Crippen LogP contribution in [0.5, 0.6) is 5.75 Å². The van der Waals surface area contributed by atoms with Gasteiger partial charge in [0.2, 0.25) is 5.91 Å². The normalized spacial score (nSPS) is 22.3. The minimum absolute atomic E-state index is 0.0719. The number of likely N-dealkylation sites (tertiary alicyclic amines) is 1. The number of anilines is 1. The summed E-state index contributed by atoms with van der Waals surface area (Å²) < 4.78 is 14.2. The first-order valence-corrected chi connectivity index (χ1v) is 13.0. The Bertz CT molecular complexity index is 1350. The van der Waals surface area contributed by atoms with E-state index in [1.807, 2.05) is 18.2 Å². The van der Waals surface area contributed by atoms with Crippen molar-refractivity contribution in [3.05, 3.63) is 52.9 Å². The van der Waals surface area contributed by atoms with E-state index in [0.29, 0.717) is 33.9 Å². The van der Waals surface area contributed by atoms with E-state index in [4.69, 9.17) is 17.3 Å². The van der Waals surface area contributed by atoms with Gasteiger partial charge in [0.25, 0.3) is 0 Å². The van der Waals surface area contributed by atoms with Gasteiger partial charge in [-0.25, -0.2) is 4.39 Å². The van der Waals surface area contributed by atoms with Gasteiger partial charge in [-0.2, -0.15) is 0 Å². The number of rotatable bonds is 6. The molecule has 2 heterocycles. The number of halogens is 2. The maximum atomic E-state index is 14.2. The number of nitrogens with zero attached hydrogens (tertiary/aromatic N) is 2. The highest BCUT2D eigenvalue weighted by atomic mass is 35.5. The molecule has 2 fully saturated rings. The summed E-state index contributed by atoms with van der Waals surface area (Å²) in [6.45, 7) is 2.42. The third-order valence-electron chi connectivity index (χ3n) is 7.73. The number of hydrogen-bond acceptors (Lipinski definition) is 6. The van der Waals surface area contributed by atoms with Gasteiger partial charge in [-0.15, -0.1) is 0 Å². The summed E-state index contributed by atoms with van der Waals surface area (Å²) in [5.74, 6) is -1.72. The zero-order chi connectivity index (χ0) is 26.3. The molecule has 1 amide bonds. The number of amides is 1. The summed E-state index contributed by atoms with van der Waals surface area (Å²) in [4.78, 5) is 31.1. The molecule has 1 unspecified atom stereocenters. The summed E-state index contributed by atoms with van der Waals surface area (Å²) in [5.41, 5.74) is 8.74. The quantitative estimate of drug-likeness (QED) is 0.379. The number of fused-ring (bicyclic) bond motifs is 1. The minimum Gasteiger partial charge on any atom is -0.504 e. The van der Waals surface area contributed by atoms with Crippen LogP contribution in [0, 0.1) is 5.82 Å². The molecule has 5 rings (SSSR count). The second kappa shape index (κ2) is 10.3. The molecule has 1 atom stereocenters. The van der Waals surface area contributed by atoms with Gasteiger partial charge in [-0.05, 0) is 87.4 Å². The number of nitrogens with two attached hydrogens (primary N) is 1. The average Bonchev–Trinajstić information content (AvgIpc) is 3.38. The first-order valence-electron chi connectivity index (χ1n) is 12.7. The van der Waals surface area contributed by atoms with Crippen molar-refractivity contribution in [3.63, 3.8) is 0 Å². The van der Waals surface area contributed by atoms with Gasteiger partial charge in [0.1, 0.15) is 0 Å². The number of benzene rings is 2. The van der Waals surface area contributed by atoms with Gasteiger partial charge in [0.15, 0.2) is 17.3 Å². The number of aromatic nitrogens is 1. The van der Waals surface area contributed by atoms with E-state index in [1.165, 1.54) is 19.1 Å². The van der Waals surface area contributed by atoms with Crippen LogP contribution >= 0.6 is 11.6 Å². The lowest BCUT2D eigenvalue weighted by Gasteiger charge is -2.37. The molecule has 194 valence electrons. The van der Waals surface area contributed by atoms with Crippen molar-refractivity contribution in [1.82, 2.24) is 9.88 Å². The van der Waals surface area contributed by atoms with Gasteiger partial charge < -0.3 is 16.2 Å². The van der Waals surface area contributed by atoms with Crippen LogP contribution in [0.2, 0.25) is 5.02 Å². The lowest BCUT2D eigenvalue weighted by Crippen LogP contribution is -2.48. The number of carbonyl (C=O) groups excluding carboxylic acids is 2. The fraction of sp³-hybridized carbons (Fsp3) is 0.393. The van der Waals surface area contributed by atoms with E-state index in [-0.39, 0.29) is 28.8 Å². The summed E-state index contributed by atoms with van der Waals surface area (Å²) in [5, 5.41) is 14.0. The molecule has 3 aromatic rings. The molecule has 0 bridgehead atoms. The number of phenolic OH excluding ortho intramolecular Hbond substituents is 1. The second-order valence-electron chi connectivity index (χ2n) is 10.1. The third kappa shape index (κ3) is 5.00. The van der Waals surface area contributed by atoms with E-state index in [1.54, 1.807) is 6.20 Å². The molecule has 1 aliphatic carbocycles. The Labute approximate surface area is 219 Å².